The van der Waals surface area contributed by atoms with Gasteiger partial charge in [0.2, 0.25) is 5.82 Å². The van der Waals surface area contributed by atoms with Gasteiger partial charge in [-0.3, -0.25) is 4.68 Å². The summed E-state index contributed by atoms with van der Waals surface area (Å²) in [7, 11) is 1.76. The van der Waals surface area contributed by atoms with Crippen LogP contribution < -0.4 is 0 Å². The molecule has 0 amide bonds. The summed E-state index contributed by atoms with van der Waals surface area (Å²) in [4.78, 5) is 11.3. The molecule has 1 N–H and O–H groups in total. The van der Waals surface area contributed by atoms with Gasteiger partial charge >= 0.3 is 5.97 Å². The number of hydrogen-bond donors (Lipinski definition) is 1. The predicted octanol–water partition coefficient (Wildman–Crippen LogP) is 0.202. The van der Waals surface area contributed by atoms with Crippen molar-refractivity contribution in [2.24, 2.45) is 7.05 Å². The Labute approximate surface area is 103 Å². The molecular formula is C10H14N6O2. The zero-order chi connectivity index (χ0) is 13.5. The third kappa shape index (κ3) is 1.75. The Morgan fingerprint density at radius 3 is 2.61 bits per heavy atom. The molecule has 18 heavy (non-hydrogen) atoms. The number of carbonyl (C=O) groups is 1. The van der Waals surface area contributed by atoms with Crippen molar-refractivity contribution in [3.63, 3.8) is 0 Å². The lowest BCUT2D eigenvalue weighted by molar-refractivity contribution is -0.146. The Hall–Kier alpha value is -2.25. The number of tetrazole rings is 1. The number of carboxylic acid groups (broad SMARTS) is 1. The van der Waals surface area contributed by atoms with Crippen LogP contribution in [0.15, 0.2) is 6.07 Å². The highest BCUT2D eigenvalue weighted by Gasteiger charge is 2.34. The van der Waals surface area contributed by atoms with Crippen molar-refractivity contribution in [3.05, 3.63) is 11.8 Å². The lowest BCUT2D eigenvalue weighted by atomic mass is 10.1. The van der Waals surface area contributed by atoms with Crippen LogP contribution in [0.4, 0.5) is 0 Å². The van der Waals surface area contributed by atoms with E-state index in [1.54, 1.807) is 31.6 Å². The van der Waals surface area contributed by atoms with Gasteiger partial charge in [0.05, 0.1) is 5.69 Å². The molecule has 0 spiro atoms. The maximum absolute atomic E-state index is 11.3. The van der Waals surface area contributed by atoms with E-state index in [-0.39, 0.29) is 0 Å². The van der Waals surface area contributed by atoms with Crippen molar-refractivity contribution in [2.75, 3.05) is 0 Å². The van der Waals surface area contributed by atoms with Crippen LogP contribution in [0.5, 0.6) is 0 Å². The Bertz CT molecular complexity index is 597. The molecule has 2 heterocycles. The first-order chi connectivity index (χ1) is 8.34. The first-order valence-corrected chi connectivity index (χ1v) is 5.37. The minimum atomic E-state index is -1.23. The molecule has 0 atom stereocenters. The first-order valence-electron chi connectivity index (χ1n) is 5.37. The SMILES string of the molecule is Cc1cc(-c2nnnn2C(C)(C)C(=O)O)n(C)n1. The number of aromatic nitrogens is 6. The first kappa shape index (κ1) is 12.2. The number of carboxylic acids is 1. The smallest absolute Gasteiger partial charge is 0.331 e. The fourth-order valence-corrected chi connectivity index (χ4v) is 1.63. The molecule has 96 valence electrons. The van der Waals surface area contributed by atoms with Gasteiger partial charge in [-0.25, -0.2) is 9.48 Å². The van der Waals surface area contributed by atoms with Crippen LogP contribution in [0.1, 0.15) is 19.5 Å². The fraction of sp³-hybridized carbons (Fsp3) is 0.500. The zero-order valence-corrected chi connectivity index (χ0v) is 10.6. The minimum absolute atomic E-state index is 0.380. The van der Waals surface area contributed by atoms with Crippen LogP contribution in [0.3, 0.4) is 0 Å². The zero-order valence-electron chi connectivity index (χ0n) is 10.6. The molecule has 8 nitrogen and oxygen atoms in total. The molecule has 2 aromatic rings. The molecule has 0 radical (unpaired) electrons. The second-order valence-corrected chi connectivity index (χ2v) is 4.57. The molecule has 0 aliphatic carbocycles. The van der Waals surface area contributed by atoms with Crippen molar-refractivity contribution < 1.29 is 9.90 Å². The molecular weight excluding hydrogens is 236 g/mol. The van der Waals surface area contributed by atoms with Crippen LogP contribution in [0, 0.1) is 6.92 Å². The second kappa shape index (κ2) is 3.90. The Morgan fingerprint density at radius 2 is 2.11 bits per heavy atom. The molecule has 0 bridgehead atoms. The molecule has 0 aliphatic heterocycles. The van der Waals surface area contributed by atoms with Gasteiger partial charge in [0.25, 0.3) is 0 Å². The highest BCUT2D eigenvalue weighted by Crippen LogP contribution is 2.23. The fourth-order valence-electron chi connectivity index (χ4n) is 1.63. The summed E-state index contributed by atoms with van der Waals surface area (Å²) >= 11 is 0. The van der Waals surface area contributed by atoms with Gasteiger partial charge in [-0.1, -0.05) is 0 Å². The monoisotopic (exact) mass is 250 g/mol. The Kier molecular flexibility index (Phi) is 2.64. The van der Waals surface area contributed by atoms with E-state index in [0.717, 1.165) is 5.69 Å². The number of hydrogen-bond acceptors (Lipinski definition) is 5. The molecule has 0 saturated carbocycles. The van der Waals surface area contributed by atoms with Crippen LogP contribution in [0.25, 0.3) is 11.5 Å². The van der Waals surface area contributed by atoms with Crippen LogP contribution in [0.2, 0.25) is 0 Å². The van der Waals surface area contributed by atoms with Crippen molar-refractivity contribution in [3.8, 4) is 11.5 Å². The summed E-state index contributed by atoms with van der Waals surface area (Å²) in [5.74, 6) is -0.625. The molecule has 0 aliphatic rings. The number of aryl methyl sites for hydroxylation is 2. The van der Waals surface area contributed by atoms with Crippen molar-refractivity contribution in [1.82, 2.24) is 30.0 Å². The van der Waals surface area contributed by atoms with Crippen LogP contribution in [-0.4, -0.2) is 41.1 Å². The molecule has 0 unspecified atom stereocenters. The normalized spacial score (nSPS) is 11.8. The van der Waals surface area contributed by atoms with E-state index >= 15 is 0 Å². The van der Waals surface area contributed by atoms with Crippen molar-refractivity contribution in [2.45, 2.75) is 26.3 Å². The summed E-state index contributed by atoms with van der Waals surface area (Å²) in [5, 5.41) is 24.6. The average molecular weight is 250 g/mol. The summed E-state index contributed by atoms with van der Waals surface area (Å²) < 4.78 is 2.90. The highest BCUT2D eigenvalue weighted by molar-refractivity contribution is 5.76. The second-order valence-electron chi connectivity index (χ2n) is 4.57. The molecule has 0 fully saturated rings. The minimum Gasteiger partial charge on any atom is -0.479 e. The van der Waals surface area contributed by atoms with E-state index < -0.39 is 11.5 Å². The molecule has 0 saturated heterocycles. The standard InChI is InChI=1S/C10H14N6O2/c1-6-5-7(15(4)12-6)8-11-13-14-16(8)10(2,3)9(17)18/h5H,1-4H3,(H,17,18). The molecule has 2 rings (SSSR count). The average Bonchev–Trinajstić information content (AvgIpc) is 2.84. The highest BCUT2D eigenvalue weighted by atomic mass is 16.4. The van der Waals surface area contributed by atoms with Gasteiger partial charge in [0, 0.05) is 7.05 Å². The van der Waals surface area contributed by atoms with E-state index in [1.807, 2.05) is 6.92 Å². The van der Waals surface area contributed by atoms with Crippen molar-refractivity contribution >= 4 is 5.97 Å². The van der Waals surface area contributed by atoms with E-state index in [1.165, 1.54) is 4.68 Å². The van der Waals surface area contributed by atoms with Gasteiger partial charge in [0.15, 0.2) is 5.54 Å². The van der Waals surface area contributed by atoms with Crippen LogP contribution in [-0.2, 0) is 17.4 Å². The van der Waals surface area contributed by atoms with E-state index in [2.05, 4.69) is 20.6 Å². The van der Waals surface area contributed by atoms with E-state index in [4.69, 9.17) is 0 Å². The van der Waals surface area contributed by atoms with Gasteiger partial charge in [0.1, 0.15) is 5.69 Å². The van der Waals surface area contributed by atoms with Crippen LogP contribution >= 0.6 is 0 Å². The lowest BCUT2D eigenvalue weighted by Gasteiger charge is -2.20. The molecule has 0 aromatic carbocycles. The van der Waals surface area contributed by atoms with Crippen molar-refractivity contribution in [1.29, 1.82) is 0 Å². The lowest BCUT2D eigenvalue weighted by Crippen LogP contribution is -2.37. The Morgan fingerprint density at radius 1 is 1.44 bits per heavy atom. The number of rotatable bonds is 3. The summed E-state index contributed by atoms with van der Waals surface area (Å²) in [6.45, 7) is 4.93. The summed E-state index contributed by atoms with van der Waals surface area (Å²) in [6.07, 6.45) is 0. The van der Waals surface area contributed by atoms with Gasteiger partial charge in [-0.15, -0.1) is 5.10 Å². The summed E-state index contributed by atoms with van der Waals surface area (Å²) in [6, 6.07) is 1.81. The van der Waals surface area contributed by atoms with Gasteiger partial charge < -0.3 is 5.11 Å². The maximum atomic E-state index is 11.3. The molecule has 8 heteroatoms. The maximum Gasteiger partial charge on any atom is 0.331 e. The van der Waals surface area contributed by atoms with E-state index in [0.29, 0.717) is 11.5 Å². The largest absolute Gasteiger partial charge is 0.479 e. The number of nitrogens with zero attached hydrogens (tertiary/aromatic N) is 6. The summed E-state index contributed by atoms with van der Waals surface area (Å²) in [5.41, 5.74) is 0.263. The topological polar surface area (TPSA) is 98.7 Å². The third-order valence-electron chi connectivity index (χ3n) is 2.75. The third-order valence-corrected chi connectivity index (χ3v) is 2.75. The van der Waals surface area contributed by atoms with Gasteiger partial charge in [-0.2, -0.15) is 5.10 Å². The quantitative estimate of drug-likeness (QED) is 0.835. The Balaban J connectivity index is 2.59. The van der Waals surface area contributed by atoms with E-state index in [9.17, 15) is 9.90 Å². The predicted molar refractivity (Wildman–Crippen MR) is 61.7 cm³/mol. The van der Waals surface area contributed by atoms with Gasteiger partial charge in [-0.05, 0) is 37.3 Å². The molecule has 2 aromatic heterocycles. The number of aliphatic carboxylic acids is 1.